The molecule has 130 valence electrons. The molecular formula is C17H21ClN2O4. The predicted octanol–water partition coefficient (Wildman–Crippen LogP) is 3.14. The Labute approximate surface area is 146 Å². The monoisotopic (exact) mass is 352 g/mol. The van der Waals surface area contributed by atoms with Crippen molar-refractivity contribution in [2.24, 2.45) is 0 Å². The highest BCUT2D eigenvalue weighted by atomic mass is 35.5. The molecule has 1 aromatic rings. The Kier molecular flexibility index (Phi) is 6.09. The second-order valence-corrected chi connectivity index (χ2v) is 5.97. The van der Waals surface area contributed by atoms with Crippen LogP contribution in [0.25, 0.3) is 0 Å². The Hall–Kier alpha value is -2.21. The highest BCUT2D eigenvalue weighted by Crippen LogP contribution is 2.41. The van der Waals surface area contributed by atoms with Gasteiger partial charge in [0.1, 0.15) is 0 Å². The second kappa shape index (κ2) is 8.06. The molecule has 2 rings (SSSR count). The number of hydrogen-bond acceptors (Lipinski definition) is 4. The van der Waals surface area contributed by atoms with Crippen molar-refractivity contribution in [1.82, 2.24) is 10.6 Å². The lowest BCUT2D eigenvalue weighted by Crippen LogP contribution is -2.65. The molecule has 1 aliphatic rings. The molecule has 2 amide bonds. The van der Waals surface area contributed by atoms with Crippen LogP contribution in [0.3, 0.4) is 0 Å². The maximum Gasteiger partial charge on any atom is 0.407 e. The topological polar surface area (TPSA) is 76.7 Å². The van der Waals surface area contributed by atoms with E-state index >= 15 is 0 Å². The third kappa shape index (κ3) is 3.82. The summed E-state index contributed by atoms with van der Waals surface area (Å²) in [7, 11) is 2.58. The number of hydrogen-bond donors (Lipinski definition) is 2. The molecule has 0 aromatic heterocycles. The van der Waals surface area contributed by atoms with Gasteiger partial charge in [-0.3, -0.25) is 0 Å². The number of carbonyl (C=O) groups is 2. The van der Waals surface area contributed by atoms with Crippen molar-refractivity contribution in [3.8, 4) is 0 Å². The molecule has 0 saturated heterocycles. The fourth-order valence-electron chi connectivity index (χ4n) is 2.89. The van der Waals surface area contributed by atoms with Gasteiger partial charge in [-0.05, 0) is 18.4 Å². The van der Waals surface area contributed by atoms with E-state index in [0.717, 1.165) is 5.56 Å². The highest BCUT2D eigenvalue weighted by molar-refractivity contribution is 6.22. The van der Waals surface area contributed by atoms with Gasteiger partial charge in [0.2, 0.25) is 0 Å². The summed E-state index contributed by atoms with van der Waals surface area (Å²) in [6.45, 7) is 0. The van der Waals surface area contributed by atoms with Crippen LogP contribution in [0.15, 0.2) is 42.5 Å². The van der Waals surface area contributed by atoms with E-state index in [0.29, 0.717) is 12.8 Å². The van der Waals surface area contributed by atoms with E-state index in [9.17, 15) is 9.59 Å². The maximum absolute atomic E-state index is 12.0. The summed E-state index contributed by atoms with van der Waals surface area (Å²) in [6.07, 6.45) is 3.64. The molecule has 0 heterocycles. The molecule has 2 N–H and O–H groups in total. The fraction of sp³-hybridized carbons (Fsp3) is 0.412. The number of amides is 2. The van der Waals surface area contributed by atoms with Gasteiger partial charge in [0.05, 0.1) is 31.2 Å². The van der Waals surface area contributed by atoms with E-state index in [1.807, 2.05) is 42.5 Å². The fourth-order valence-corrected chi connectivity index (χ4v) is 3.34. The van der Waals surface area contributed by atoms with Crippen molar-refractivity contribution in [2.75, 3.05) is 14.2 Å². The Bertz CT molecular complexity index is 608. The molecule has 24 heavy (non-hydrogen) atoms. The molecule has 1 aliphatic carbocycles. The van der Waals surface area contributed by atoms with Crippen LogP contribution >= 0.6 is 11.6 Å². The van der Waals surface area contributed by atoms with E-state index < -0.39 is 29.1 Å². The number of rotatable bonds is 4. The minimum absolute atomic E-state index is 0.444. The molecule has 0 spiro atoms. The molecule has 0 saturated carbocycles. The average Bonchev–Trinajstić information content (AvgIpc) is 2.63. The van der Waals surface area contributed by atoms with Gasteiger partial charge in [0.15, 0.2) is 0 Å². The molecule has 0 radical (unpaired) electrons. The Morgan fingerprint density at radius 3 is 2.46 bits per heavy atom. The van der Waals surface area contributed by atoms with Gasteiger partial charge < -0.3 is 20.1 Å². The van der Waals surface area contributed by atoms with Gasteiger partial charge in [-0.15, -0.1) is 11.6 Å². The zero-order valence-corrected chi connectivity index (χ0v) is 14.4. The number of alkyl carbamates (subject to hydrolysis) is 2. The molecular weight excluding hydrogens is 332 g/mol. The predicted molar refractivity (Wildman–Crippen MR) is 91.0 cm³/mol. The zero-order valence-electron chi connectivity index (χ0n) is 13.6. The Balaban J connectivity index is 2.42. The van der Waals surface area contributed by atoms with Gasteiger partial charge in [0.25, 0.3) is 0 Å². The number of benzene rings is 1. The van der Waals surface area contributed by atoms with Crippen LogP contribution in [0.1, 0.15) is 23.8 Å². The number of ether oxygens (including phenoxy) is 2. The summed E-state index contributed by atoms with van der Waals surface area (Å²) in [4.78, 5) is 23.7. The van der Waals surface area contributed by atoms with Crippen molar-refractivity contribution in [3.05, 3.63) is 48.0 Å². The van der Waals surface area contributed by atoms with Crippen molar-refractivity contribution in [2.45, 2.75) is 29.8 Å². The lowest BCUT2D eigenvalue weighted by atomic mass is 9.76. The number of alkyl halides is 1. The quantitative estimate of drug-likeness (QED) is 0.644. The molecule has 3 unspecified atom stereocenters. The SMILES string of the molecule is COC(=O)NC1CC=CCC1(NC(=O)OC)C(Cl)c1ccccc1. The lowest BCUT2D eigenvalue weighted by molar-refractivity contribution is 0.129. The third-order valence-corrected chi connectivity index (χ3v) is 4.80. The van der Waals surface area contributed by atoms with Gasteiger partial charge in [0, 0.05) is 0 Å². The first-order valence-electron chi connectivity index (χ1n) is 7.58. The van der Waals surface area contributed by atoms with Crippen LogP contribution in [0.4, 0.5) is 9.59 Å². The number of halogens is 1. The lowest BCUT2D eigenvalue weighted by Gasteiger charge is -2.45. The minimum atomic E-state index is -0.945. The van der Waals surface area contributed by atoms with E-state index in [-0.39, 0.29) is 0 Å². The standard InChI is InChI=1S/C17H21ClN2O4/c1-23-15(21)19-13-10-6-7-11-17(13,20-16(22)24-2)14(18)12-8-4-3-5-9-12/h3-9,13-14H,10-11H2,1-2H3,(H,19,21)(H,20,22). The molecule has 3 atom stereocenters. The smallest absolute Gasteiger partial charge is 0.407 e. The van der Waals surface area contributed by atoms with Crippen LogP contribution in [-0.4, -0.2) is 38.0 Å². The number of carbonyl (C=O) groups excluding carboxylic acids is 2. The molecule has 6 nitrogen and oxygen atoms in total. The highest BCUT2D eigenvalue weighted by Gasteiger charge is 2.48. The van der Waals surface area contributed by atoms with Gasteiger partial charge >= 0.3 is 12.2 Å². The van der Waals surface area contributed by atoms with Crippen molar-refractivity contribution in [3.63, 3.8) is 0 Å². The summed E-state index contributed by atoms with van der Waals surface area (Å²) in [5.74, 6) is 0. The summed E-state index contributed by atoms with van der Waals surface area (Å²) >= 11 is 6.77. The van der Waals surface area contributed by atoms with E-state index in [1.54, 1.807) is 0 Å². The van der Waals surface area contributed by atoms with Gasteiger partial charge in [-0.25, -0.2) is 9.59 Å². The maximum atomic E-state index is 12.0. The molecule has 0 aliphatic heterocycles. The molecule has 1 aromatic carbocycles. The van der Waals surface area contributed by atoms with Gasteiger partial charge in [-0.1, -0.05) is 42.5 Å². The first-order chi connectivity index (χ1) is 11.5. The summed E-state index contributed by atoms with van der Waals surface area (Å²) < 4.78 is 9.47. The van der Waals surface area contributed by atoms with E-state index in [4.69, 9.17) is 21.1 Å². The van der Waals surface area contributed by atoms with Crippen molar-refractivity contribution < 1.29 is 19.1 Å². The largest absolute Gasteiger partial charge is 0.453 e. The minimum Gasteiger partial charge on any atom is -0.453 e. The zero-order chi connectivity index (χ0) is 17.6. The summed E-state index contributed by atoms with van der Waals surface area (Å²) in [5, 5.41) is 5.04. The van der Waals surface area contributed by atoms with Crippen LogP contribution < -0.4 is 10.6 Å². The van der Waals surface area contributed by atoms with Crippen molar-refractivity contribution >= 4 is 23.8 Å². The molecule has 0 fully saturated rings. The third-order valence-electron chi connectivity index (χ3n) is 4.16. The first kappa shape index (κ1) is 18.1. The number of methoxy groups -OCH3 is 2. The van der Waals surface area contributed by atoms with Crippen molar-refractivity contribution in [1.29, 1.82) is 0 Å². The van der Waals surface area contributed by atoms with E-state index in [1.165, 1.54) is 14.2 Å². The Morgan fingerprint density at radius 2 is 1.83 bits per heavy atom. The van der Waals surface area contributed by atoms with E-state index in [2.05, 4.69) is 10.6 Å². The normalized spacial score (nSPS) is 23.9. The van der Waals surface area contributed by atoms with Crippen LogP contribution in [-0.2, 0) is 9.47 Å². The van der Waals surface area contributed by atoms with Crippen LogP contribution in [0.5, 0.6) is 0 Å². The van der Waals surface area contributed by atoms with Gasteiger partial charge in [-0.2, -0.15) is 0 Å². The molecule has 0 bridgehead atoms. The second-order valence-electron chi connectivity index (χ2n) is 5.53. The molecule has 7 heteroatoms. The summed E-state index contributed by atoms with van der Waals surface area (Å²) in [6, 6.07) is 8.95. The van der Waals surface area contributed by atoms with Crippen LogP contribution in [0, 0.1) is 0 Å². The Morgan fingerprint density at radius 1 is 1.17 bits per heavy atom. The first-order valence-corrected chi connectivity index (χ1v) is 8.01. The summed E-state index contributed by atoms with van der Waals surface area (Å²) in [5.41, 5.74) is -0.110. The average molecular weight is 353 g/mol. The van der Waals surface area contributed by atoms with Crippen LogP contribution in [0.2, 0.25) is 0 Å². The number of nitrogens with one attached hydrogen (secondary N) is 2.